The number of hydrogen-bond acceptors (Lipinski definition) is 5. The van der Waals surface area contributed by atoms with E-state index in [1.165, 1.54) is 6.07 Å². The first-order valence-corrected chi connectivity index (χ1v) is 8.15. The van der Waals surface area contributed by atoms with Crippen molar-refractivity contribution < 1.29 is 18.7 Å². The average molecular weight is 351 g/mol. The normalized spacial score (nSPS) is 10.5. The summed E-state index contributed by atoms with van der Waals surface area (Å²) in [6.07, 6.45) is 0.389. The van der Waals surface area contributed by atoms with Crippen LogP contribution in [0.25, 0.3) is 11.0 Å². The molecule has 132 valence electrons. The van der Waals surface area contributed by atoms with Crippen molar-refractivity contribution in [3.05, 3.63) is 70.6 Å². The van der Waals surface area contributed by atoms with Crippen molar-refractivity contribution in [2.24, 2.45) is 0 Å². The largest absolute Gasteiger partial charge is 0.485 e. The number of benzene rings is 2. The van der Waals surface area contributed by atoms with Crippen LogP contribution in [0.15, 0.2) is 63.8 Å². The molecule has 0 bridgehead atoms. The zero-order valence-corrected chi connectivity index (χ0v) is 14.2. The van der Waals surface area contributed by atoms with Crippen LogP contribution >= 0.6 is 0 Å². The van der Waals surface area contributed by atoms with Crippen molar-refractivity contribution in [1.82, 2.24) is 0 Å². The molecule has 0 aliphatic carbocycles. The lowest BCUT2D eigenvalue weighted by atomic mass is 10.1. The number of anilines is 1. The molecular formula is C20H17NO5. The second-order valence-corrected chi connectivity index (χ2v) is 5.64. The molecule has 1 N–H and O–H groups in total. The monoisotopic (exact) mass is 351 g/mol. The van der Waals surface area contributed by atoms with Gasteiger partial charge in [-0.15, -0.1) is 0 Å². The molecule has 0 spiro atoms. The van der Waals surface area contributed by atoms with Gasteiger partial charge in [-0.3, -0.25) is 9.59 Å². The van der Waals surface area contributed by atoms with Gasteiger partial charge in [0.2, 0.25) is 5.91 Å². The third kappa shape index (κ3) is 4.16. The SMILES string of the molecule is CCC(=O)Nc1ccc(C(=O)COc2ccc3ccc(=O)oc3c2)cc1. The van der Waals surface area contributed by atoms with Crippen LogP contribution in [0.3, 0.4) is 0 Å². The smallest absolute Gasteiger partial charge is 0.336 e. The Balaban J connectivity index is 1.65. The van der Waals surface area contributed by atoms with Gasteiger partial charge in [-0.25, -0.2) is 4.79 Å². The van der Waals surface area contributed by atoms with Gasteiger partial charge in [-0.05, 0) is 42.5 Å². The molecule has 0 saturated carbocycles. The van der Waals surface area contributed by atoms with E-state index < -0.39 is 5.63 Å². The Morgan fingerprint density at radius 1 is 1.04 bits per heavy atom. The number of ether oxygens (including phenoxy) is 1. The van der Waals surface area contributed by atoms with Gasteiger partial charge in [0.25, 0.3) is 0 Å². The van der Waals surface area contributed by atoms with E-state index in [0.29, 0.717) is 29.0 Å². The molecule has 0 unspecified atom stereocenters. The number of fused-ring (bicyclic) bond motifs is 1. The van der Waals surface area contributed by atoms with Crippen molar-refractivity contribution in [2.75, 3.05) is 11.9 Å². The molecule has 1 amide bonds. The highest BCUT2D eigenvalue weighted by Gasteiger charge is 2.08. The molecule has 0 aliphatic heterocycles. The predicted molar refractivity (Wildman–Crippen MR) is 97.7 cm³/mol. The first-order chi connectivity index (χ1) is 12.5. The first-order valence-electron chi connectivity index (χ1n) is 8.15. The van der Waals surface area contributed by atoms with Crippen LogP contribution in [0.2, 0.25) is 0 Å². The number of amides is 1. The topological polar surface area (TPSA) is 85.6 Å². The number of nitrogens with one attached hydrogen (secondary N) is 1. The summed E-state index contributed by atoms with van der Waals surface area (Å²) in [5.74, 6) is 0.148. The minimum absolute atomic E-state index is 0.0876. The lowest BCUT2D eigenvalue weighted by Crippen LogP contribution is -2.12. The Kier molecular flexibility index (Phi) is 5.12. The Labute approximate surface area is 149 Å². The molecule has 2 aromatic carbocycles. The number of rotatable bonds is 6. The molecule has 3 rings (SSSR count). The summed E-state index contributed by atoms with van der Waals surface area (Å²) in [7, 11) is 0. The number of Topliss-reactive ketones (excluding diaryl/α,β-unsaturated/α-hetero) is 1. The third-order valence-electron chi connectivity index (χ3n) is 3.78. The highest BCUT2D eigenvalue weighted by Crippen LogP contribution is 2.20. The van der Waals surface area contributed by atoms with Gasteiger partial charge in [0.05, 0.1) is 0 Å². The molecule has 6 heteroatoms. The van der Waals surface area contributed by atoms with Crippen molar-refractivity contribution in [3.63, 3.8) is 0 Å². The van der Waals surface area contributed by atoms with Crippen molar-refractivity contribution in [3.8, 4) is 5.75 Å². The Morgan fingerprint density at radius 3 is 2.50 bits per heavy atom. The number of carbonyl (C=O) groups excluding carboxylic acids is 2. The highest BCUT2D eigenvalue weighted by atomic mass is 16.5. The van der Waals surface area contributed by atoms with Crippen LogP contribution in [0.1, 0.15) is 23.7 Å². The summed E-state index contributed by atoms with van der Waals surface area (Å²) in [5, 5.41) is 3.49. The second-order valence-electron chi connectivity index (χ2n) is 5.64. The maximum atomic E-state index is 12.2. The number of carbonyl (C=O) groups is 2. The average Bonchev–Trinajstić information content (AvgIpc) is 2.66. The summed E-state index contributed by atoms with van der Waals surface area (Å²) in [4.78, 5) is 34.9. The summed E-state index contributed by atoms with van der Waals surface area (Å²) in [6, 6.07) is 14.7. The first kappa shape index (κ1) is 17.4. The minimum Gasteiger partial charge on any atom is -0.485 e. The molecule has 0 radical (unpaired) electrons. The quantitative estimate of drug-likeness (QED) is 0.543. The minimum atomic E-state index is -0.444. The molecule has 26 heavy (non-hydrogen) atoms. The fourth-order valence-electron chi connectivity index (χ4n) is 2.35. The zero-order chi connectivity index (χ0) is 18.5. The second kappa shape index (κ2) is 7.65. The Bertz CT molecular complexity index is 1000. The molecular weight excluding hydrogens is 334 g/mol. The molecule has 1 heterocycles. The van der Waals surface area contributed by atoms with Gasteiger partial charge >= 0.3 is 5.63 Å². The van der Waals surface area contributed by atoms with E-state index >= 15 is 0 Å². The highest BCUT2D eigenvalue weighted by molar-refractivity contribution is 5.98. The van der Waals surface area contributed by atoms with Crippen LogP contribution in [0.4, 0.5) is 5.69 Å². The molecule has 0 aliphatic rings. The Morgan fingerprint density at radius 2 is 1.77 bits per heavy atom. The predicted octanol–water partition coefficient (Wildman–Crippen LogP) is 3.40. The van der Waals surface area contributed by atoms with Crippen LogP contribution in [-0.4, -0.2) is 18.3 Å². The lowest BCUT2D eigenvalue weighted by Gasteiger charge is -2.07. The lowest BCUT2D eigenvalue weighted by molar-refractivity contribution is -0.115. The van der Waals surface area contributed by atoms with Crippen molar-refractivity contribution in [2.45, 2.75) is 13.3 Å². The van der Waals surface area contributed by atoms with Gasteiger partial charge < -0.3 is 14.5 Å². The van der Waals surface area contributed by atoms with E-state index in [-0.39, 0.29) is 18.3 Å². The fraction of sp³-hybridized carbons (Fsp3) is 0.150. The fourth-order valence-corrected chi connectivity index (χ4v) is 2.35. The van der Waals surface area contributed by atoms with Crippen molar-refractivity contribution in [1.29, 1.82) is 0 Å². The van der Waals surface area contributed by atoms with Gasteiger partial charge in [0.1, 0.15) is 11.3 Å². The van der Waals surface area contributed by atoms with E-state index in [0.717, 1.165) is 5.39 Å². The molecule has 0 saturated heterocycles. The number of ketones is 1. The summed E-state index contributed by atoms with van der Waals surface area (Å²) in [5.41, 5.74) is 1.07. The third-order valence-corrected chi connectivity index (χ3v) is 3.78. The maximum Gasteiger partial charge on any atom is 0.336 e. The van der Waals surface area contributed by atoms with Crippen LogP contribution < -0.4 is 15.7 Å². The number of hydrogen-bond donors (Lipinski definition) is 1. The van der Waals surface area contributed by atoms with Gasteiger partial charge in [-0.1, -0.05) is 6.92 Å². The summed E-state index contributed by atoms with van der Waals surface area (Å²) in [6.45, 7) is 1.62. The maximum absolute atomic E-state index is 12.2. The molecule has 3 aromatic rings. The van der Waals surface area contributed by atoms with E-state index in [9.17, 15) is 14.4 Å². The zero-order valence-electron chi connectivity index (χ0n) is 14.2. The molecule has 0 fully saturated rings. The van der Waals surface area contributed by atoms with Crippen LogP contribution in [0.5, 0.6) is 5.75 Å². The van der Waals surface area contributed by atoms with Gasteiger partial charge in [0.15, 0.2) is 12.4 Å². The van der Waals surface area contributed by atoms with Crippen LogP contribution in [-0.2, 0) is 4.79 Å². The van der Waals surface area contributed by atoms with Gasteiger partial charge in [-0.2, -0.15) is 0 Å². The Hall–Kier alpha value is -3.41. The molecule has 0 atom stereocenters. The van der Waals surface area contributed by atoms with Crippen LogP contribution in [0, 0.1) is 0 Å². The van der Waals surface area contributed by atoms with E-state index in [2.05, 4.69) is 5.32 Å². The van der Waals surface area contributed by atoms with E-state index in [1.807, 2.05) is 0 Å². The summed E-state index contributed by atoms with van der Waals surface area (Å²) < 4.78 is 10.6. The van der Waals surface area contributed by atoms with Crippen molar-refractivity contribution >= 4 is 28.3 Å². The summed E-state index contributed by atoms with van der Waals surface area (Å²) >= 11 is 0. The molecule has 1 aromatic heterocycles. The van der Waals surface area contributed by atoms with E-state index in [4.69, 9.17) is 9.15 Å². The molecule has 6 nitrogen and oxygen atoms in total. The van der Waals surface area contributed by atoms with Gasteiger partial charge in [0, 0.05) is 35.2 Å². The van der Waals surface area contributed by atoms with E-state index in [1.54, 1.807) is 55.5 Å². The standard InChI is InChI=1S/C20H17NO5/c1-2-19(23)21-15-7-3-13(4-8-15)17(22)12-25-16-9-5-14-6-10-20(24)26-18(14)11-16/h3-11H,2,12H2,1H3,(H,21,23).